The fourth-order valence-electron chi connectivity index (χ4n) is 2.45. The summed E-state index contributed by atoms with van der Waals surface area (Å²) in [5.74, 6) is -0.192. The van der Waals surface area contributed by atoms with Gasteiger partial charge in [-0.25, -0.2) is 13.6 Å². The summed E-state index contributed by atoms with van der Waals surface area (Å²) in [6.07, 6.45) is 0. The van der Waals surface area contributed by atoms with Crippen molar-refractivity contribution in [1.29, 1.82) is 0 Å². The summed E-state index contributed by atoms with van der Waals surface area (Å²) >= 11 is 6.18. The molecule has 6 nitrogen and oxygen atoms in total. The summed E-state index contributed by atoms with van der Waals surface area (Å²) in [6.45, 7) is 3.77. The minimum Gasteiger partial charge on any atom is -0.330 e. The second kappa shape index (κ2) is 7.97. The Balaban J connectivity index is 1.99. The van der Waals surface area contributed by atoms with E-state index in [-0.39, 0.29) is 22.9 Å². The molecule has 0 fully saturated rings. The van der Waals surface area contributed by atoms with Crippen molar-refractivity contribution < 1.29 is 18.5 Å². The van der Waals surface area contributed by atoms with E-state index >= 15 is 0 Å². The van der Waals surface area contributed by atoms with Gasteiger partial charge in [0.15, 0.2) is 6.04 Å². The molecule has 0 unspecified atom stereocenters. The molecule has 5 N–H and O–H groups in total. The van der Waals surface area contributed by atoms with E-state index in [0.717, 1.165) is 5.56 Å². The Kier molecular flexibility index (Phi) is 6.18. The molecule has 8 heteroatoms. The Morgan fingerprint density at radius 2 is 1.72 bits per heavy atom. The van der Waals surface area contributed by atoms with Crippen molar-refractivity contribution in [3.8, 4) is 0 Å². The lowest BCUT2D eigenvalue weighted by atomic mass is 10.1. The molecule has 2 rings (SSSR count). The minimum atomic E-state index is -3.75. The van der Waals surface area contributed by atoms with Crippen LogP contribution < -0.4 is 15.8 Å². The number of carbonyl (C=O) groups excluding carboxylic acids is 1. The minimum absolute atomic E-state index is 0.00236. The smallest absolute Gasteiger partial charge is 0.282 e. The lowest BCUT2D eigenvalue weighted by Crippen LogP contribution is -2.91. The highest BCUT2D eigenvalue weighted by Crippen LogP contribution is 2.19. The first-order chi connectivity index (χ1) is 11.7. The van der Waals surface area contributed by atoms with Crippen molar-refractivity contribution in [1.82, 2.24) is 0 Å². The Bertz CT molecular complexity index is 854. The van der Waals surface area contributed by atoms with Crippen LogP contribution >= 0.6 is 11.6 Å². The van der Waals surface area contributed by atoms with Crippen LogP contribution in [-0.2, 0) is 14.8 Å². The molecular formula is C17H21ClN3O3S+. The Hall–Kier alpha value is -1.93. The third kappa shape index (κ3) is 5.27. The van der Waals surface area contributed by atoms with Crippen LogP contribution in [0.1, 0.15) is 25.5 Å². The van der Waals surface area contributed by atoms with Crippen LogP contribution in [0.3, 0.4) is 0 Å². The first-order valence-electron chi connectivity index (χ1n) is 7.71. The number of nitrogens with two attached hydrogens (primary N) is 2. The van der Waals surface area contributed by atoms with Gasteiger partial charge in [0.05, 0.1) is 4.90 Å². The van der Waals surface area contributed by atoms with Gasteiger partial charge in [-0.2, -0.15) is 0 Å². The summed E-state index contributed by atoms with van der Waals surface area (Å²) < 4.78 is 22.5. The summed E-state index contributed by atoms with van der Waals surface area (Å²) in [5, 5.41) is 10.4. The second-order valence-corrected chi connectivity index (χ2v) is 7.82. The molecule has 2 aromatic carbocycles. The molecule has 2 atom stereocenters. The lowest BCUT2D eigenvalue weighted by Gasteiger charge is -2.17. The molecule has 0 heterocycles. The van der Waals surface area contributed by atoms with Gasteiger partial charge in [0, 0.05) is 16.3 Å². The van der Waals surface area contributed by atoms with Gasteiger partial charge in [0.1, 0.15) is 6.04 Å². The van der Waals surface area contributed by atoms with Crippen LogP contribution in [0.2, 0.25) is 5.02 Å². The SMILES string of the molecule is C[C@@H]([NH2+][C@H](C)c1ccccc1Cl)C(=O)Nc1ccc(S(N)(=O)=O)cc1. The number of rotatable bonds is 6. The number of benzene rings is 2. The molecule has 0 aromatic heterocycles. The molecule has 2 aromatic rings. The van der Waals surface area contributed by atoms with Crippen LogP contribution in [-0.4, -0.2) is 20.4 Å². The van der Waals surface area contributed by atoms with Gasteiger partial charge in [-0.15, -0.1) is 0 Å². The molecule has 25 heavy (non-hydrogen) atoms. The number of amides is 1. The maximum Gasteiger partial charge on any atom is 0.282 e. The average Bonchev–Trinajstić information content (AvgIpc) is 2.54. The Morgan fingerprint density at radius 1 is 1.12 bits per heavy atom. The van der Waals surface area contributed by atoms with E-state index in [2.05, 4.69) is 5.32 Å². The molecule has 0 radical (unpaired) electrons. The van der Waals surface area contributed by atoms with Crippen molar-refractivity contribution in [3.63, 3.8) is 0 Å². The molecule has 0 bridgehead atoms. The first kappa shape index (κ1) is 19.4. The van der Waals surface area contributed by atoms with E-state index in [9.17, 15) is 13.2 Å². The quantitative estimate of drug-likeness (QED) is 0.707. The normalized spacial score (nSPS) is 13.9. The van der Waals surface area contributed by atoms with Crippen LogP contribution in [0, 0.1) is 0 Å². The van der Waals surface area contributed by atoms with Gasteiger partial charge in [-0.3, -0.25) is 4.79 Å². The second-order valence-electron chi connectivity index (χ2n) is 5.85. The predicted molar refractivity (Wildman–Crippen MR) is 97.7 cm³/mol. The van der Waals surface area contributed by atoms with Crippen molar-refractivity contribution in [2.45, 2.75) is 30.8 Å². The molecule has 0 aliphatic rings. The highest BCUT2D eigenvalue weighted by Gasteiger charge is 2.21. The van der Waals surface area contributed by atoms with Gasteiger partial charge in [-0.05, 0) is 44.2 Å². The maximum atomic E-state index is 12.3. The molecule has 134 valence electrons. The number of carbonyl (C=O) groups is 1. The van der Waals surface area contributed by atoms with E-state index in [1.54, 1.807) is 6.92 Å². The lowest BCUT2D eigenvalue weighted by molar-refractivity contribution is -0.709. The van der Waals surface area contributed by atoms with E-state index in [0.29, 0.717) is 10.7 Å². The number of hydrogen-bond donors (Lipinski definition) is 3. The molecule has 0 spiro atoms. The van der Waals surface area contributed by atoms with Crippen LogP contribution in [0.15, 0.2) is 53.4 Å². The van der Waals surface area contributed by atoms with Gasteiger partial charge in [-0.1, -0.05) is 29.8 Å². The zero-order valence-electron chi connectivity index (χ0n) is 13.9. The summed E-state index contributed by atoms with van der Waals surface area (Å²) in [7, 11) is -3.75. The van der Waals surface area contributed by atoms with Gasteiger partial charge >= 0.3 is 0 Å². The first-order valence-corrected chi connectivity index (χ1v) is 9.64. The topological polar surface area (TPSA) is 106 Å². The number of sulfonamides is 1. The fourth-order valence-corrected chi connectivity index (χ4v) is 3.28. The zero-order valence-corrected chi connectivity index (χ0v) is 15.5. The van der Waals surface area contributed by atoms with Crippen molar-refractivity contribution in [3.05, 3.63) is 59.1 Å². The monoisotopic (exact) mass is 382 g/mol. The van der Waals surface area contributed by atoms with Gasteiger partial charge in [0.25, 0.3) is 5.91 Å². The fraction of sp³-hybridized carbons (Fsp3) is 0.235. The maximum absolute atomic E-state index is 12.3. The van der Waals surface area contributed by atoms with Crippen molar-refractivity contribution in [2.24, 2.45) is 5.14 Å². The number of nitrogens with one attached hydrogen (secondary N) is 1. The number of quaternary nitrogens is 1. The van der Waals surface area contributed by atoms with E-state index in [1.807, 2.05) is 36.5 Å². The number of primary sulfonamides is 1. The third-order valence-corrected chi connectivity index (χ3v) is 5.11. The third-order valence-electron chi connectivity index (χ3n) is 3.84. The van der Waals surface area contributed by atoms with Crippen LogP contribution in [0.4, 0.5) is 5.69 Å². The molecule has 0 aliphatic carbocycles. The zero-order chi connectivity index (χ0) is 18.6. The van der Waals surface area contributed by atoms with Crippen molar-refractivity contribution in [2.75, 3.05) is 5.32 Å². The predicted octanol–water partition coefficient (Wildman–Crippen LogP) is 1.64. The Morgan fingerprint density at radius 3 is 2.28 bits per heavy atom. The number of hydrogen-bond acceptors (Lipinski definition) is 3. The Labute approximate surface area is 152 Å². The molecule has 0 aliphatic heterocycles. The molecule has 0 saturated heterocycles. The van der Waals surface area contributed by atoms with E-state index < -0.39 is 10.0 Å². The highest BCUT2D eigenvalue weighted by molar-refractivity contribution is 7.89. The summed E-state index contributed by atoms with van der Waals surface area (Å²) in [6, 6.07) is 12.9. The van der Waals surface area contributed by atoms with Gasteiger partial charge < -0.3 is 10.6 Å². The number of anilines is 1. The molecule has 1 amide bonds. The largest absolute Gasteiger partial charge is 0.330 e. The van der Waals surface area contributed by atoms with Gasteiger partial charge in [0.2, 0.25) is 10.0 Å². The van der Waals surface area contributed by atoms with E-state index in [1.165, 1.54) is 24.3 Å². The molecule has 0 saturated carbocycles. The summed E-state index contributed by atoms with van der Waals surface area (Å²) in [5.41, 5.74) is 1.46. The standard InChI is InChI=1S/C17H20ClN3O3S/c1-11(15-5-3-4-6-16(15)18)20-12(2)17(22)21-13-7-9-14(10-8-13)25(19,23)24/h3-12,20H,1-2H3,(H,21,22)(H2,19,23,24)/p+1/t11-,12-/m1/s1. The summed E-state index contributed by atoms with van der Waals surface area (Å²) in [4.78, 5) is 12.3. The van der Waals surface area contributed by atoms with Crippen molar-refractivity contribution >= 4 is 33.2 Å². The van der Waals surface area contributed by atoms with E-state index in [4.69, 9.17) is 16.7 Å². The number of halogens is 1. The average molecular weight is 383 g/mol. The van der Waals surface area contributed by atoms with Crippen LogP contribution in [0.25, 0.3) is 0 Å². The molecular weight excluding hydrogens is 362 g/mol. The van der Waals surface area contributed by atoms with Crippen LogP contribution in [0.5, 0.6) is 0 Å². The highest BCUT2D eigenvalue weighted by atomic mass is 35.5.